The second-order valence-electron chi connectivity index (χ2n) is 5.77. The average Bonchev–Trinajstić information content (AvgIpc) is 2.93. The van der Waals surface area contributed by atoms with Crippen LogP contribution in [0.2, 0.25) is 0 Å². The third kappa shape index (κ3) is 3.47. The Hall–Kier alpha value is -2.74. The van der Waals surface area contributed by atoms with Gasteiger partial charge in [-0.25, -0.2) is 4.99 Å². The fourth-order valence-electron chi connectivity index (χ4n) is 1.79. The number of nitrogens with zero attached hydrogens (tertiary/aromatic N) is 3. The first-order chi connectivity index (χ1) is 10.3. The van der Waals surface area contributed by atoms with Crippen molar-refractivity contribution in [2.75, 3.05) is 0 Å². The van der Waals surface area contributed by atoms with E-state index in [0.717, 1.165) is 5.69 Å². The molecule has 0 amide bonds. The molecular formula is C14H17N5O3. The highest BCUT2D eigenvalue weighted by atomic mass is 16.6. The number of nitro groups is 1. The summed E-state index contributed by atoms with van der Waals surface area (Å²) < 4.78 is 0. The van der Waals surface area contributed by atoms with Gasteiger partial charge in [0.2, 0.25) is 0 Å². The maximum atomic E-state index is 10.8. The first kappa shape index (κ1) is 15.6. The summed E-state index contributed by atoms with van der Waals surface area (Å²) in [4.78, 5) is 14.5. The molecule has 0 radical (unpaired) electrons. The van der Waals surface area contributed by atoms with Crippen LogP contribution in [0.4, 0.5) is 11.5 Å². The summed E-state index contributed by atoms with van der Waals surface area (Å²) in [5.74, 6) is 0.448. The highest BCUT2D eigenvalue weighted by Crippen LogP contribution is 2.23. The predicted octanol–water partition coefficient (Wildman–Crippen LogP) is 2.67. The molecule has 0 fully saturated rings. The number of rotatable bonds is 3. The smallest absolute Gasteiger partial charge is 0.270 e. The number of aromatic amines is 1. The van der Waals surface area contributed by atoms with Gasteiger partial charge in [-0.05, 0) is 0 Å². The first-order valence-electron chi connectivity index (χ1n) is 6.61. The lowest BCUT2D eigenvalue weighted by atomic mass is 9.92. The van der Waals surface area contributed by atoms with Crippen LogP contribution in [0.1, 0.15) is 32.0 Å². The zero-order valence-electron chi connectivity index (χ0n) is 12.5. The van der Waals surface area contributed by atoms with E-state index < -0.39 is 4.92 Å². The van der Waals surface area contributed by atoms with Gasteiger partial charge in [0.1, 0.15) is 0 Å². The van der Waals surface area contributed by atoms with Crippen LogP contribution in [0, 0.1) is 10.1 Å². The van der Waals surface area contributed by atoms with E-state index in [-0.39, 0.29) is 16.9 Å². The van der Waals surface area contributed by atoms with E-state index in [1.165, 1.54) is 18.2 Å². The number of benzene rings is 1. The van der Waals surface area contributed by atoms with Crippen molar-refractivity contribution in [1.29, 1.82) is 0 Å². The van der Waals surface area contributed by atoms with Crippen molar-refractivity contribution in [3.8, 4) is 0 Å². The zero-order valence-corrected chi connectivity index (χ0v) is 12.5. The van der Waals surface area contributed by atoms with Crippen molar-refractivity contribution in [2.24, 2.45) is 4.99 Å². The summed E-state index contributed by atoms with van der Waals surface area (Å²) >= 11 is 0. The van der Waals surface area contributed by atoms with E-state index in [1.54, 1.807) is 12.1 Å². The minimum absolute atomic E-state index is 0.0793. The summed E-state index contributed by atoms with van der Waals surface area (Å²) in [6.07, 6.45) is 0. The number of hydroxylamine groups is 1. The number of hydrogen-bond acceptors (Lipinski definition) is 5. The fraction of sp³-hybridized carbons (Fsp3) is 0.286. The standard InChI is InChI=1S/C14H17N5O3/c1-14(2,3)11-8-12(17-16-11)15-13(18-20)9-5-4-6-10(7-9)19(21)22/h4-8,20H,1-3H3,(H2,15,16,17,18). The van der Waals surface area contributed by atoms with Crippen LogP contribution in [0.5, 0.6) is 0 Å². The molecule has 0 saturated carbocycles. The summed E-state index contributed by atoms with van der Waals surface area (Å²) in [6, 6.07) is 7.57. The second kappa shape index (κ2) is 5.94. The maximum absolute atomic E-state index is 10.8. The molecule has 0 saturated heterocycles. The maximum Gasteiger partial charge on any atom is 0.270 e. The van der Waals surface area contributed by atoms with E-state index in [2.05, 4.69) is 15.2 Å². The quantitative estimate of drug-likeness (QED) is 0.349. The Morgan fingerprint density at radius 1 is 1.41 bits per heavy atom. The minimum Gasteiger partial charge on any atom is -0.290 e. The van der Waals surface area contributed by atoms with Gasteiger partial charge in [-0.15, -0.1) is 0 Å². The Morgan fingerprint density at radius 3 is 2.68 bits per heavy atom. The zero-order chi connectivity index (χ0) is 16.3. The number of H-pyrrole nitrogens is 1. The Balaban J connectivity index is 2.37. The van der Waals surface area contributed by atoms with Crippen LogP contribution in [0.3, 0.4) is 0 Å². The van der Waals surface area contributed by atoms with Crippen molar-refractivity contribution >= 4 is 17.3 Å². The third-order valence-electron chi connectivity index (χ3n) is 3.04. The molecule has 0 bridgehead atoms. The predicted molar refractivity (Wildman–Crippen MR) is 81.5 cm³/mol. The van der Waals surface area contributed by atoms with Gasteiger partial charge >= 0.3 is 0 Å². The Bertz CT molecular complexity index is 715. The molecule has 1 aromatic heterocycles. The molecular weight excluding hydrogens is 286 g/mol. The van der Waals surface area contributed by atoms with E-state index in [1.807, 2.05) is 26.3 Å². The molecule has 0 aliphatic carbocycles. The van der Waals surface area contributed by atoms with Crippen molar-refractivity contribution in [2.45, 2.75) is 26.2 Å². The van der Waals surface area contributed by atoms with E-state index in [9.17, 15) is 15.3 Å². The Kier molecular flexibility index (Phi) is 4.22. The average molecular weight is 303 g/mol. The van der Waals surface area contributed by atoms with Crippen molar-refractivity contribution in [3.05, 3.63) is 51.7 Å². The lowest BCUT2D eigenvalue weighted by molar-refractivity contribution is -0.384. The van der Waals surface area contributed by atoms with Crippen LogP contribution in [0.25, 0.3) is 0 Å². The third-order valence-corrected chi connectivity index (χ3v) is 3.04. The van der Waals surface area contributed by atoms with E-state index in [4.69, 9.17) is 0 Å². The minimum atomic E-state index is -0.509. The summed E-state index contributed by atoms with van der Waals surface area (Å²) in [7, 11) is 0. The molecule has 3 N–H and O–H groups in total. The molecule has 2 rings (SSSR count). The molecule has 2 aromatic rings. The molecule has 0 aliphatic rings. The summed E-state index contributed by atoms with van der Waals surface area (Å²) in [5.41, 5.74) is 3.03. The Morgan fingerprint density at radius 2 is 2.14 bits per heavy atom. The molecule has 0 unspecified atom stereocenters. The number of aliphatic imine (C=N–C) groups is 1. The van der Waals surface area contributed by atoms with Gasteiger partial charge in [-0.2, -0.15) is 5.10 Å². The second-order valence-corrected chi connectivity index (χ2v) is 5.77. The normalized spacial score (nSPS) is 12.3. The number of hydrogen-bond donors (Lipinski definition) is 3. The molecule has 1 aromatic carbocycles. The van der Waals surface area contributed by atoms with Gasteiger partial charge in [0.15, 0.2) is 11.7 Å². The van der Waals surface area contributed by atoms with Crippen LogP contribution in [0.15, 0.2) is 35.3 Å². The van der Waals surface area contributed by atoms with E-state index in [0.29, 0.717) is 11.4 Å². The highest BCUT2D eigenvalue weighted by molar-refractivity contribution is 5.99. The molecule has 0 spiro atoms. The van der Waals surface area contributed by atoms with Crippen molar-refractivity contribution in [1.82, 2.24) is 15.7 Å². The molecule has 1 heterocycles. The number of nitro benzene ring substituents is 1. The Labute approximate surface area is 127 Å². The van der Waals surface area contributed by atoms with Gasteiger partial charge in [-0.3, -0.25) is 25.9 Å². The fourth-order valence-corrected chi connectivity index (χ4v) is 1.79. The lowest BCUT2D eigenvalue weighted by Crippen LogP contribution is -2.20. The number of non-ortho nitro benzene ring substituents is 1. The number of amidine groups is 1. The van der Waals surface area contributed by atoms with Crippen molar-refractivity contribution < 1.29 is 10.1 Å². The van der Waals surface area contributed by atoms with Crippen molar-refractivity contribution in [3.63, 3.8) is 0 Å². The number of aromatic nitrogens is 2. The molecule has 0 atom stereocenters. The molecule has 8 nitrogen and oxygen atoms in total. The monoisotopic (exact) mass is 303 g/mol. The molecule has 8 heteroatoms. The van der Waals surface area contributed by atoms with E-state index >= 15 is 0 Å². The van der Waals surface area contributed by atoms with Gasteiger partial charge in [0.05, 0.1) is 4.92 Å². The molecule has 116 valence electrons. The lowest BCUT2D eigenvalue weighted by Gasteiger charge is -2.14. The van der Waals surface area contributed by atoms with Crippen LogP contribution < -0.4 is 5.48 Å². The summed E-state index contributed by atoms with van der Waals surface area (Å²) in [5, 5.41) is 27.0. The van der Waals surface area contributed by atoms with Crippen LogP contribution in [-0.2, 0) is 5.41 Å². The van der Waals surface area contributed by atoms with Crippen LogP contribution in [-0.4, -0.2) is 26.2 Å². The summed E-state index contributed by atoms with van der Waals surface area (Å²) in [6.45, 7) is 6.08. The van der Waals surface area contributed by atoms with Gasteiger partial charge < -0.3 is 0 Å². The molecule has 22 heavy (non-hydrogen) atoms. The number of nitrogens with one attached hydrogen (secondary N) is 2. The van der Waals surface area contributed by atoms with Gasteiger partial charge in [-0.1, -0.05) is 32.9 Å². The topological polar surface area (TPSA) is 116 Å². The van der Waals surface area contributed by atoms with Gasteiger partial charge in [0.25, 0.3) is 5.69 Å². The first-order valence-corrected chi connectivity index (χ1v) is 6.61. The largest absolute Gasteiger partial charge is 0.290 e. The van der Waals surface area contributed by atoms with Gasteiger partial charge in [0, 0.05) is 34.9 Å². The van der Waals surface area contributed by atoms with Crippen LogP contribution >= 0.6 is 0 Å². The highest BCUT2D eigenvalue weighted by Gasteiger charge is 2.17. The molecule has 0 aliphatic heterocycles. The SMILES string of the molecule is CC(C)(C)c1cc(N=C(NO)c2cccc([N+](=O)[O-])c2)n[nH]1.